The van der Waals surface area contributed by atoms with E-state index in [1.807, 2.05) is 24.3 Å². The molecule has 1 aromatic rings. The Morgan fingerprint density at radius 3 is 3.00 bits per heavy atom. The molecule has 1 aliphatic rings. The molecule has 0 bridgehead atoms. The molecule has 0 aliphatic carbocycles. The lowest BCUT2D eigenvalue weighted by atomic mass is 10.3. The van der Waals surface area contributed by atoms with Crippen LogP contribution >= 0.6 is 0 Å². The van der Waals surface area contributed by atoms with Gasteiger partial charge in [-0.15, -0.1) is 0 Å². The highest BCUT2D eigenvalue weighted by atomic mass is 16.5. The Bertz CT molecular complexity index is 397. The number of hydrogen-bond donors (Lipinski definition) is 1. The minimum Gasteiger partial charge on any atom is -0.492 e. The Kier molecular flexibility index (Phi) is 5.05. The summed E-state index contributed by atoms with van der Waals surface area (Å²) in [4.78, 5) is 4.92. The van der Waals surface area contributed by atoms with Crippen LogP contribution in [0.2, 0.25) is 0 Å². The third kappa shape index (κ3) is 4.40. The molecule has 1 unspecified atom stereocenters. The fraction of sp³-hybridized carbons (Fsp3) is 0.600. The summed E-state index contributed by atoms with van der Waals surface area (Å²) in [7, 11) is 2.20. The van der Waals surface area contributed by atoms with E-state index < -0.39 is 0 Å². The van der Waals surface area contributed by atoms with Crippen LogP contribution in [0.3, 0.4) is 0 Å². The predicted octanol–water partition coefficient (Wildman–Crippen LogP) is 1.67. The minimum absolute atomic E-state index is 0.594. The van der Waals surface area contributed by atoms with E-state index in [4.69, 9.17) is 10.5 Å². The Labute approximate surface area is 116 Å². The van der Waals surface area contributed by atoms with Crippen molar-refractivity contribution in [1.29, 1.82) is 0 Å². The molecule has 2 rings (SSSR count). The summed E-state index contributed by atoms with van der Waals surface area (Å²) in [5, 5.41) is 0. The van der Waals surface area contributed by atoms with Gasteiger partial charge in [0.15, 0.2) is 0 Å². The molecule has 0 radical (unpaired) electrons. The van der Waals surface area contributed by atoms with Gasteiger partial charge in [0, 0.05) is 30.9 Å². The smallest absolute Gasteiger partial charge is 0.121 e. The van der Waals surface area contributed by atoms with Crippen molar-refractivity contribution in [2.45, 2.75) is 19.4 Å². The zero-order valence-corrected chi connectivity index (χ0v) is 12.0. The van der Waals surface area contributed by atoms with Crippen molar-refractivity contribution in [1.82, 2.24) is 9.80 Å². The van der Waals surface area contributed by atoms with Crippen molar-refractivity contribution in [3.05, 3.63) is 24.3 Å². The summed E-state index contributed by atoms with van der Waals surface area (Å²) in [5.74, 6) is 0.861. The van der Waals surface area contributed by atoms with E-state index >= 15 is 0 Å². The average Bonchev–Trinajstić information content (AvgIpc) is 2.51. The van der Waals surface area contributed by atoms with Crippen LogP contribution < -0.4 is 10.5 Å². The number of benzene rings is 1. The van der Waals surface area contributed by atoms with Gasteiger partial charge in [0.05, 0.1) is 0 Å². The minimum atomic E-state index is 0.594. The Balaban J connectivity index is 1.78. The second-order valence-corrected chi connectivity index (χ2v) is 5.42. The first-order valence-corrected chi connectivity index (χ1v) is 7.06. The Morgan fingerprint density at radius 1 is 1.37 bits per heavy atom. The van der Waals surface area contributed by atoms with Crippen LogP contribution in [0.4, 0.5) is 5.69 Å². The number of nitrogens with zero attached hydrogens (tertiary/aromatic N) is 2. The van der Waals surface area contributed by atoms with Gasteiger partial charge in [0.2, 0.25) is 0 Å². The lowest BCUT2D eigenvalue weighted by Crippen LogP contribution is -2.40. The van der Waals surface area contributed by atoms with E-state index in [-0.39, 0.29) is 0 Å². The zero-order chi connectivity index (χ0) is 13.7. The number of nitrogens with two attached hydrogens (primary N) is 1. The Morgan fingerprint density at radius 2 is 2.21 bits per heavy atom. The largest absolute Gasteiger partial charge is 0.492 e. The van der Waals surface area contributed by atoms with Crippen molar-refractivity contribution in [3.8, 4) is 5.75 Å². The van der Waals surface area contributed by atoms with Crippen molar-refractivity contribution < 1.29 is 4.74 Å². The first-order chi connectivity index (χ1) is 9.15. The first kappa shape index (κ1) is 14.2. The van der Waals surface area contributed by atoms with E-state index in [1.165, 1.54) is 13.0 Å². The lowest BCUT2D eigenvalue weighted by Gasteiger charge is -2.27. The number of ether oxygens (including phenoxy) is 1. The number of likely N-dealkylation sites (N-methyl/N-ethyl adjacent to an activating group) is 1. The molecule has 4 heteroatoms. The highest BCUT2D eigenvalue weighted by molar-refractivity contribution is 5.43. The van der Waals surface area contributed by atoms with Gasteiger partial charge in [-0.05, 0) is 45.6 Å². The SMILES string of the molecule is CC1CN(C)CCCN1CCOc1cccc(N)c1. The fourth-order valence-corrected chi connectivity index (χ4v) is 2.64. The summed E-state index contributed by atoms with van der Waals surface area (Å²) in [6.45, 7) is 7.48. The second-order valence-electron chi connectivity index (χ2n) is 5.42. The summed E-state index contributed by atoms with van der Waals surface area (Å²) in [6.07, 6.45) is 1.24. The molecular weight excluding hydrogens is 238 g/mol. The monoisotopic (exact) mass is 263 g/mol. The molecule has 1 heterocycles. The van der Waals surface area contributed by atoms with Gasteiger partial charge in [-0.2, -0.15) is 0 Å². The van der Waals surface area contributed by atoms with E-state index in [9.17, 15) is 0 Å². The molecule has 19 heavy (non-hydrogen) atoms. The van der Waals surface area contributed by atoms with Gasteiger partial charge in [0.1, 0.15) is 12.4 Å². The van der Waals surface area contributed by atoms with Crippen LogP contribution in [0.1, 0.15) is 13.3 Å². The third-order valence-corrected chi connectivity index (χ3v) is 3.69. The van der Waals surface area contributed by atoms with Crippen molar-refractivity contribution in [2.24, 2.45) is 0 Å². The summed E-state index contributed by atoms with van der Waals surface area (Å²) < 4.78 is 5.77. The molecule has 1 saturated heterocycles. The summed E-state index contributed by atoms with van der Waals surface area (Å²) in [6, 6.07) is 8.22. The van der Waals surface area contributed by atoms with Crippen LogP contribution in [0, 0.1) is 0 Å². The first-order valence-electron chi connectivity index (χ1n) is 7.06. The van der Waals surface area contributed by atoms with Crippen LogP contribution in [-0.4, -0.2) is 55.7 Å². The van der Waals surface area contributed by atoms with Crippen LogP contribution in [0.15, 0.2) is 24.3 Å². The molecular formula is C15H25N3O. The van der Waals surface area contributed by atoms with Crippen molar-refractivity contribution >= 4 is 5.69 Å². The van der Waals surface area contributed by atoms with E-state index in [0.717, 1.165) is 37.7 Å². The number of anilines is 1. The van der Waals surface area contributed by atoms with Crippen LogP contribution in [0.5, 0.6) is 5.75 Å². The van der Waals surface area contributed by atoms with Gasteiger partial charge in [-0.3, -0.25) is 4.90 Å². The molecule has 0 amide bonds. The normalized spacial score (nSPS) is 22.1. The maximum absolute atomic E-state index is 5.77. The van der Waals surface area contributed by atoms with E-state index in [0.29, 0.717) is 6.04 Å². The van der Waals surface area contributed by atoms with Gasteiger partial charge < -0.3 is 15.4 Å². The molecule has 0 saturated carbocycles. The topological polar surface area (TPSA) is 41.7 Å². The fourth-order valence-electron chi connectivity index (χ4n) is 2.64. The van der Waals surface area contributed by atoms with Gasteiger partial charge in [0.25, 0.3) is 0 Å². The molecule has 106 valence electrons. The van der Waals surface area contributed by atoms with E-state index in [2.05, 4.69) is 23.8 Å². The highest BCUT2D eigenvalue weighted by Crippen LogP contribution is 2.15. The van der Waals surface area contributed by atoms with Gasteiger partial charge in [-0.25, -0.2) is 0 Å². The second kappa shape index (κ2) is 6.78. The van der Waals surface area contributed by atoms with Crippen molar-refractivity contribution in [3.63, 3.8) is 0 Å². The van der Waals surface area contributed by atoms with Crippen LogP contribution in [-0.2, 0) is 0 Å². The zero-order valence-electron chi connectivity index (χ0n) is 12.0. The lowest BCUT2D eigenvalue weighted by molar-refractivity contribution is 0.166. The van der Waals surface area contributed by atoms with Gasteiger partial charge >= 0.3 is 0 Å². The highest BCUT2D eigenvalue weighted by Gasteiger charge is 2.18. The average molecular weight is 263 g/mol. The number of nitrogen functional groups attached to an aromatic ring is 1. The van der Waals surface area contributed by atoms with Crippen LogP contribution in [0.25, 0.3) is 0 Å². The predicted molar refractivity (Wildman–Crippen MR) is 79.5 cm³/mol. The maximum atomic E-state index is 5.77. The van der Waals surface area contributed by atoms with Gasteiger partial charge in [-0.1, -0.05) is 6.07 Å². The summed E-state index contributed by atoms with van der Waals surface area (Å²) in [5.41, 5.74) is 6.49. The molecule has 2 N–H and O–H groups in total. The van der Waals surface area contributed by atoms with E-state index in [1.54, 1.807) is 0 Å². The quantitative estimate of drug-likeness (QED) is 0.839. The summed E-state index contributed by atoms with van der Waals surface area (Å²) >= 11 is 0. The molecule has 1 atom stereocenters. The number of hydrogen-bond acceptors (Lipinski definition) is 4. The third-order valence-electron chi connectivity index (χ3n) is 3.69. The molecule has 1 fully saturated rings. The maximum Gasteiger partial charge on any atom is 0.121 e. The Hall–Kier alpha value is -1.26. The molecule has 0 aromatic heterocycles. The standard InChI is InChI=1S/C15H25N3O/c1-13-12-17(2)7-4-8-18(13)9-10-19-15-6-3-5-14(16)11-15/h3,5-6,11,13H,4,7-10,12,16H2,1-2H3. The molecule has 0 spiro atoms. The molecule has 1 aromatic carbocycles. The van der Waals surface area contributed by atoms with Crippen molar-refractivity contribution in [2.75, 3.05) is 45.6 Å². The molecule has 1 aliphatic heterocycles. The molecule has 4 nitrogen and oxygen atoms in total. The number of rotatable bonds is 4.